The molecule has 3 fully saturated rings. The van der Waals surface area contributed by atoms with E-state index in [1.807, 2.05) is 0 Å². The van der Waals surface area contributed by atoms with Gasteiger partial charge in [-0.05, 0) is 106 Å². The monoisotopic (exact) mass is 667 g/mol. The predicted molar refractivity (Wildman–Crippen MR) is 164 cm³/mol. The van der Waals surface area contributed by atoms with Crippen LogP contribution < -0.4 is 0 Å². The van der Waals surface area contributed by atoms with Gasteiger partial charge in [-0.3, -0.25) is 0 Å². The summed E-state index contributed by atoms with van der Waals surface area (Å²) in [4.78, 5) is 2.34. The Morgan fingerprint density at radius 1 is 0.791 bits per heavy atom. The molecule has 1 atom stereocenters. The highest BCUT2D eigenvalue weighted by Gasteiger charge is 2.37. The first-order valence-electron chi connectivity index (χ1n) is 15.3. The van der Waals surface area contributed by atoms with Crippen LogP contribution in [0.3, 0.4) is 0 Å². The van der Waals surface area contributed by atoms with Crippen LogP contribution in [0, 0.1) is 23.0 Å². The first-order chi connectivity index (χ1) is 20.0. The summed E-state index contributed by atoms with van der Waals surface area (Å²) in [6, 6.07) is 3.67. The van der Waals surface area contributed by atoms with E-state index in [0.29, 0.717) is 57.2 Å². The minimum atomic E-state index is -3.33. The Balaban J connectivity index is 1.30. The fraction of sp³-hybridized carbons (Fsp3) is 0.793. The second-order valence-electron chi connectivity index (χ2n) is 13.2. The highest BCUT2D eigenvalue weighted by Crippen LogP contribution is 2.39. The van der Waals surface area contributed by atoms with Gasteiger partial charge < -0.3 is 4.90 Å². The lowest BCUT2D eigenvalue weighted by atomic mass is 9.77. The average Bonchev–Trinajstić information content (AvgIpc) is 2.92. The number of sulfone groups is 1. The number of likely N-dealkylation sites (tertiary alicyclic amines) is 1. The molecular formula is C29H47F2N3O6S3. The molecule has 43 heavy (non-hydrogen) atoms. The number of rotatable bonds is 11. The van der Waals surface area contributed by atoms with E-state index in [2.05, 4.69) is 11.8 Å². The molecule has 0 radical (unpaired) electrons. The summed E-state index contributed by atoms with van der Waals surface area (Å²) in [5, 5.41) is -0.497. The van der Waals surface area contributed by atoms with E-state index in [1.54, 1.807) is 0 Å². The molecule has 0 bridgehead atoms. The summed E-state index contributed by atoms with van der Waals surface area (Å²) in [5.74, 6) is -1.11. The van der Waals surface area contributed by atoms with Crippen LogP contribution in [-0.4, -0.2) is 108 Å². The topological polar surface area (TPSA) is 112 Å². The Morgan fingerprint density at radius 2 is 1.28 bits per heavy atom. The Bertz CT molecular complexity index is 1410. The molecule has 0 spiro atoms. The third-order valence-electron chi connectivity index (χ3n) is 10.0. The molecule has 1 aromatic carbocycles. The molecule has 3 aliphatic rings. The van der Waals surface area contributed by atoms with Crippen LogP contribution in [0.25, 0.3) is 0 Å². The first kappa shape index (κ1) is 34.7. The number of hydrogen-bond acceptors (Lipinski definition) is 7. The molecule has 0 aliphatic carbocycles. The van der Waals surface area contributed by atoms with Crippen LogP contribution in [0.4, 0.5) is 8.78 Å². The maximum absolute atomic E-state index is 14.2. The van der Waals surface area contributed by atoms with Crippen LogP contribution in [0.1, 0.15) is 69.8 Å². The summed E-state index contributed by atoms with van der Waals surface area (Å²) >= 11 is 0. The lowest BCUT2D eigenvalue weighted by molar-refractivity contribution is 0.108. The van der Waals surface area contributed by atoms with Crippen molar-refractivity contribution >= 4 is 29.9 Å². The van der Waals surface area contributed by atoms with Crippen LogP contribution in [-0.2, 0) is 29.9 Å². The number of piperidine rings is 3. The molecule has 0 aromatic heterocycles. The van der Waals surface area contributed by atoms with Gasteiger partial charge in [0.25, 0.3) is 0 Å². The maximum atomic E-state index is 14.2. The summed E-state index contributed by atoms with van der Waals surface area (Å²) in [6.45, 7) is 5.78. The second-order valence-corrected chi connectivity index (χ2v) is 19.6. The van der Waals surface area contributed by atoms with E-state index in [1.165, 1.54) is 27.0 Å². The van der Waals surface area contributed by atoms with Gasteiger partial charge in [0.1, 0.15) is 11.6 Å². The molecule has 4 rings (SSSR count). The SMILES string of the molecule is CC1(CCS(=O)(=O)C2CCN(S(C)(=O)=O)CC2)CCN(CCC(c2cc(F)cc(F)c2)C2CCN(S(C)(=O)=O)CC2)CC1. The Kier molecular flexibility index (Phi) is 11.0. The zero-order valence-corrected chi connectivity index (χ0v) is 28.0. The lowest BCUT2D eigenvalue weighted by Crippen LogP contribution is -2.44. The van der Waals surface area contributed by atoms with E-state index in [-0.39, 0.29) is 36.1 Å². The van der Waals surface area contributed by atoms with Gasteiger partial charge >= 0.3 is 0 Å². The molecule has 0 saturated carbocycles. The maximum Gasteiger partial charge on any atom is 0.211 e. The predicted octanol–water partition coefficient (Wildman–Crippen LogP) is 3.44. The minimum Gasteiger partial charge on any atom is -0.303 e. The van der Waals surface area contributed by atoms with Crippen molar-refractivity contribution in [3.63, 3.8) is 0 Å². The van der Waals surface area contributed by atoms with Gasteiger partial charge in [-0.15, -0.1) is 0 Å². The van der Waals surface area contributed by atoms with E-state index in [9.17, 15) is 34.0 Å². The van der Waals surface area contributed by atoms with Gasteiger partial charge in [-0.1, -0.05) is 6.92 Å². The molecule has 0 amide bonds. The lowest BCUT2D eigenvalue weighted by Gasteiger charge is -2.41. The molecule has 3 aliphatic heterocycles. The molecule has 14 heteroatoms. The summed E-state index contributed by atoms with van der Waals surface area (Å²) in [5.41, 5.74) is 0.505. The Morgan fingerprint density at radius 3 is 1.77 bits per heavy atom. The Hall–Kier alpha value is -1.19. The number of benzene rings is 1. The number of sulfonamides is 2. The van der Waals surface area contributed by atoms with Gasteiger partial charge in [-0.2, -0.15) is 0 Å². The summed E-state index contributed by atoms with van der Waals surface area (Å²) in [7, 11) is -9.91. The Labute approximate surface area is 257 Å². The quantitative estimate of drug-likeness (QED) is 0.356. The smallest absolute Gasteiger partial charge is 0.211 e. The van der Waals surface area contributed by atoms with Crippen LogP contribution >= 0.6 is 0 Å². The largest absolute Gasteiger partial charge is 0.303 e. The second kappa shape index (κ2) is 13.7. The summed E-state index contributed by atoms with van der Waals surface area (Å²) in [6.07, 6.45) is 7.27. The van der Waals surface area contributed by atoms with Gasteiger partial charge in [0, 0.05) is 32.2 Å². The highest BCUT2D eigenvalue weighted by molar-refractivity contribution is 7.92. The van der Waals surface area contributed by atoms with Gasteiger partial charge in [0.15, 0.2) is 9.84 Å². The highest BCUT2D eigenvalue weighted by atomic mass is 32.2. The molecule has 1 aromatic rings. The minimum absolute atomic E-state index is 0.0977. The van der Waals surface area contributed by atoms with Gasteiger partial charge in [0.05, 0.1) is 23.5 Å². The molecular weight excluding hydrogens is 621 g/mol. The van der Waals surface area contributed by atoms with Gasteiger partial charge in [0.2, 0.25) is 20.0 Å². The first-order valence-corrected chi connectivity index (χ1v) is 20.7. The molecule has 3 heterocycles. The third kappa shape index (κ3) is 9.41. The van der Waals surface area contributed by atoms with E-state index in [4.69, 9.17) is 0 Å². The number of hydrogen-bond donors (Lipinski definition) is 0. The van der Waals surface area contributed by atoms with Crippen molar-refractivity contribution in [1.82, 2.24) is 13.5 Å². The zero-order chi connectivity index (χ0) is 31.6. The van der Waals surface area contributed by atoms with Crippen molar-refractivity contribution in [2.45, 2.75) is 69.5 Å². The fourth-order valence-electron chi connectivity index (χ4n) is 7.04. The number of halogens is 2. The normalized spacial score (nSPS) is 23.4. The van der Waals surface area contributed by atoms with Crippen molar-refractivity contribution < 1.29 is 34.0 Å². The standard InChI is InChI=1S/C29H47F2N3O6S3/c1-29(11-19-43(39,40)27-6-15-34(16-7-27)42(3,37)38)9-17-32(18-10-29)12-8-28(24-20-25(30)22-26(31)21-24)23-4-13-33(14-5-23)41(2,35)36/h20-23,27-28H,4-19H2,1-3H3. The zero-order valence-electron chi connectivity index (χ0n) is 25.5. The van der Waals surface area contributed by atoms with Crippen molar-refractivity contribution in [3.05, 3.63) is 35.4 Å². The molecule has 246 valence electrons. The van der Waals surface area contributed by atoms with Gasteiger partial charge in [-0.25, -0.2) is 42.6 Å². The third-order valence-corrected chi connectivity index (χ3v) is 14.9. The van der Waals surface area contributed by atoms with Crippen molar-refractivity contribution in [2.24, 2.45) is 11.3 Å². The molecule has 0 N–H and O–H groups in total. The van der Waals surface area contributed by atoms with Crippen molar-refractivity contribution in [1.29, 1.82) is 0 Å². The van der Waals surface area contributed by atoms with E-state index < -0.39 is 46.8 Å². The van der Waals surface area contributed by atoms with Crippen LogP contribution in [0.15, 0.2) is 18.2 Å². The van der Waals surface area contributed by atoms with Crippen molar-refractivity contribution in [2.75, 3.05) is 64.1 Å². The molecule has 3 saturated heterocycles. The number of nitrogens with zero attached hydrogens (tertiary/aromatic N) is 3. The molecule has 1 unspecified atom stereocenters. The van der Waals surface area contributed by atoms with Crippen LogP contribution in [0.5, 0.6) is 0 Å². The summed E-state index contributed by atoms with van der Waals surface area (Å²) < 4.78 is 105. The van der Waals surface area contributed by atoms with Crippen LogP contribution in [0.2, 0.25) is 0 Å². The van der Waals surface area contributed by atoms with E-state index >= 15 is 0 Å². The average molecular weight is 668 g/mol. The molecule has 9 nitrogen and oxygen atoms in total. The fourth-order valence-corrected chi connectivity index (χ4v) is 10.8. The van der Waals surface area contributed by atoms with E-state index in [0.717, 1.165) is 44.8 Å². The van der Waals surface area contributed by atoms with Crippen molar-refractivity contribution in [3.8, 4) is 0 Å².